The lowest BCUT2D eigenvalue weighted by Gasteiger charge is -2.28. The molecule has 3 nitrogen and oxygen atoms in total. The normalized spacial score (nSPS) is 19.5. The molecule has 0 saturated heterocycles. The number of nitrogens with one attached hydrogen (secondary N) is 1. The minimum absolute atomic E-state index is 0.465. The predicted molar refractivity (Wildman–Crippen MR) is 68.8 cm³/mol. The molecule has 1 rings (SSSR count). The molecule has 1 N–H and O–H groups in total. The summed E-state index contributed by atoms with van der Waals surface area (Å²) in [5.41, 5.74) is 0. The average Bonchev–Trinajstić information content (AvgIpc) is 2.78. The highest BCUT2D eigenvalue weighted by molar-refractivity contribution is 4.77. The van der Waals surface area contributed by atoms with Crippen molar-refractivity contribution in [1.82, 2.24) is 10.2 Å². The van der Waals surface area contributed by atoms with Gasteiger partial charge in [-0.2, -0.15) is 0 Å². The lowest BCUT2D eigenvalue weighted by Crippen LogP contribution is -2.41. The van der Waals surface area contributed by atoms with E-state index in [-0.39, 0.29) is 0 Å². The molecule has 0 heterocycles. The second-order valence-electron chi connectivity index (χ2n) is 4.88. The minimum atomic E-state index is 0.465. The quantitative estimate of drug-likeness (QED) is 0.686. The highest BCUT2D eigenvalue weighted by Crippen LogP contribution is 2.22. The Labute approximate surface area is 101 Å². The van der Waals surface area contributed by atoms with E-state index in [1.165, 1.54) is 38.8 Å². The first kappa shape index (κ1) is 13.9. The molecule has 1 atom stereocenters. The van der Waals surface area contributed by atoms with E-state index in [1.54, 1.807) is 7.11 Å². The van der Waals surface area contributed by atoms with Crippen molar-refractivity contribution in [2.45, 2.75) is 51.6 Å². The van der Waals surface area contributed by atoms with Gasteiger partial charge in [-0.25, -0.2) is 0 Å². The molecule has 0 amide bonds. The van der Waals surface area contributed by atoms with Crippen LogP contribution >= 0.6 is 0 Å². The zero-order valence-corrected chi connectivity index (χ0v) is 11.2. The smallest absolute Gasteiger partial charge is 0.0613 e. The molecule has 16 heavy (non-hydrogen) atoms. The second-order valence-corrected chi connectivity index (χ2v) is 4.88. The van der Waals surface area contributed by atoms with Crippen molar-refractivity contribution in [1.29, 1.82) is 0 Å². The first-order chi connectivity index (χ1) is 7.77. The van der Waals surface area contributed by atoms with Gasteiger partial charge in [0.25, 0.3) is 0 Å². The fraction of sp³-hybridized carbons (Fsp3) is 1.00. The zero-order chi connectivity index (χ0) is 11.8. The molecule has 1 unspecified atom stereocenters. The van der Waals surface area contributed by atoms with E-state index >= 15 is 0 Å². The fourth-order valence-electron chi connectivity index (χ4n) is 2.63. The monoisotopic (exact) mass is 228 g/mol. The van der Waals surface area contributed by atoms with Crippen LogP contribution in [-0.4, -0.2) is 50.3 Å². The van der Waals surface area contributed by atoms with Gasteiger partial charge in [-0.1, -0.05) is 19.8 Å². The van der Waals surface area contributed by atoms with Gasteiger partial charge in [-0.3, -0.25) is 4.90 Å². The summed E-state index contributed by atoms with van der Waals surface area (Å²) in [6.45, 7) is 8.69. The van der Waals surface area contributed by atoms with Gasteiger partial charge >= 0.3 is 0 Å². The molecule has 0 aliphatic heterocycles. The molecule has 1 aliphatic rings. The van der Waals surface area contributed by atoms with Crippen molar-refractivity contribution in [2.75, 3.05) is 33.4 Å². The Morgan fingerprint density at radius 2 is 2.06 bits per heavy atom. The summed E-state index contributed by atoms with van der Waals surface area (Å²) in [5.74, 6) is 0. The van der Waals surface area contributed by atoms with Gasteiger partial charge in [-0.15, -0.1) is 0 Å². The van der Waals surface area contributed by atoms with Gasteiger partial charge in [0.2, 0.25) is 0 Å². The molecule has 0 radical (unpaired) electrons. The number of ether oxygens (including phenoxy) is 1. The molecule has 0 spiro atoms. The van der Waals surface area contributed by atoms with Gasteiger partial charge in [0.15, 0.2) is 0 Å². The molecule has 0 bridgehead atoms. The minimum Gasteiger partial charge on any atom is -0.383 e. The number of hydrogen-bond acceptors (Lipinski definition) is 3. The summed E-state index contributed by atoms with van der Waals surface area (Å²) >= 11 is 0. The molecule has 1 saturated carbocycles. The van der Waals surface area contributed by atoms with Gasteiger partial charge in [0.05, 0.1) is 6.61 Å². The first-order valence-corrected chi connectivity index (χ1v) is 6.74. The van der Waals surface area contributed by atoms with E-state index in [9.17, 15) is 0 Å². The van der Waals surface area contributed by atoms with Crippen LogP contribution in [0.5, 0.6) is 0 Å². The summed E-state index contributed by atoms with van der Waals surface area (Å²) in [6.07, 6.45) is 5.66. The molecular formula is C13H28N2O. The number of hydrogen-bond donors (Lipinski definition) is 1. The van der Waals surface area contributed by atoms with Crippen LogP contribution in [-0.2, 0) is 4.74 Å². The van der Waals surface area contributed by atoms with Crippen LogP contribution in [0.2, 0.25) is 0 Å². The molecule has 3 heteroatoms. The van der Waals surface area contributed by atoms with Gasteiger partial charge in [0.1, 0.15) is 0 Å². The van der Waals surface area contributed by atoms with E-state index < -0.39 is 0 Å². The Morgan fingerprint density at radius 3 is 2.62 bits per heavy atom. The van der Waals surface area contributed by atoms with Crippen LogP contribution in [0.1, 0.15) is 39.5 Å². The molecule has 1 fully saturated rings. The Bertz CT molecular complexity index is 169. The summed E-state index contributed by atoms with van der Waals surface area (Å²) in [4.78, 5) is 2.62. The van der Waals surface area contributed by atoms with E-state index in [0.717, 1.165) is 19.2 Å². The van der Waals surface area contributed by atoms with Gasteiger partial charge in [-0.05, 0) is 26.3 Å². The lowest BCUT2D eigenvalue weighted by molar-refractivity contribution is 0.164. The highest BCUT2D eigenvalue weighted by Gasteiger charge is 2.20. The lowest BCUT2D eigenvalue weighted by atomic mass is 10.2. The highest BCUT2D eigenvalue weighted by atomic mass is 16.5. The van der Waals surface area contributed by atoms with E-state index in [0.29, 0.717) is 6.04 Å². The van der Waals surface area contributed by atoms with Gasteiger partial charge < -0.3 is 10.1 Å². The Balaban J connectivity index is 2.13. The van der Waals surface area contributed by atoms with Gasteiger partial charge in [0, 0.05) is 32.3 Å². The first-order valence-electron chi connectivity index (χ1n) is 6.74. The third-order valence-electron chi connectivity index (χ3n) is 3.56. The predicted octanol–water partition coefficient (Wildman–Crippen LogP) is 1.88. The SMILES string of the molecule is CCN(CCNC(C)COC)C1CCCC1. The molecular weight excluding hydrogens is 200 g/mol. The van der Waals surface area contributed by atoms with Crippen molar-refractivity contribution < 1.29 is 4.74 Å². The summed E-state index contributed by atoms with van der Waals surface area (Å²) in [6, 6.07) is 1.32. The number of rotatable bonds is 8. The molecule has 1 aliphatic carbocycles. The third-order valence-corrected chi connectivity index (χ3v) is 3.56. The maximum atomic E-state index is 5.11. The van der Waals surface area contributed by atoms with Crippen molar-refractivity contribution in [2.24, 2.45) is 0 Å². The second kappa shape index (κ2) is 8.04. The largest absolute Gasteiger partial charge is 0.383 e. The van der Waals surface area contributed by atoms with Crippen LogP contribution in [0.4, 0.5) is 0 Å². The maximum absolute atomic E-state index is 5.11. The molecule has 96 valence electrons. The Morgan fingerprint density at radius 1 is 1.38 bits per heavy atom. The number of nitrogens with zero attached hydrogens (tertiary/aromatic N) is 1. The van der Waals surface area contributed by atoms with Crippen LogP contribution in [0.15, 0.2) is 0 Å². The summed E-state index contributed by atoms with van der Waals surface area (Å²) in [5, 5.41) is 3.51. The Kier molecular flexibility index (Phi) is 7.01. The fourth-order valence-corrected chi connectivity index (χ4v) is 2.63. The Hall–Kier alpha value is -0.120. The summed E-state index contributed by atoms with van der Waals surface area (Å²) in [7, 11) is 1.76. The molecule has 0 aromatic rings. The van der Waals surface area contributed by atoms with Crippen molar-refractivity contribution in [3.05, 3.63) is 0 Å². The van der Waals surface area contributed by atoms with E-state index in [1.807, 2.05) is 0 Å². The van der Waals surface area contributed by atoms with Crippen LogP contribution in [0, 0.1) is 0 Å². The molecule has 0 aromatic heterocycles. The third kappa shape index (κ3) is 4.81. The van der Waals surface area contributed by atoms with Crippen LogP contribution in [0.25, 0.3) is 0 Å². The molecule has 0 aromatic carbocycles. The van der Waals surface area contributed by atoms with Crippen molar-refractivity contribution in [3.63, 3.8) is 0 Å². The van der Waals surface area contributed by atoms with Crippen molar-refractivity contribution >= 4 is 0 Å². The van der Waals surface area contributed by atoms with E-state index in [4.69, 9.17) is 4.74 Å². The zero-order valence-electron chi connectivity index (χ0n) is 11.2. The van der Waals surface area contributed by atoms with Crippen molar-refractivity contribution in [3.8, 4) is 0 Å². The van der Waals surface area contributed by atoms with Crippen LogP contribution in [0.3, 0.4) is 0 Å². The standard InChI is InChI=1S/C13H28N2O/c1-4-15(13-7-5-6-8-13)10-9-14-12(2)11-16-3/h12-14H,4-11H2,1-3H3. The number of methoxy groups -OCH3 is 1. The summed E-state index contributed by atoms with van der Waals surface area (Å²) < 4.78 is 5.11. The van der Waals surface area contributed by atoms with E-state index in [2.05, 4.69) is 24.1 Å². The maximum Gasteiger partial charge on any atom is 0.0613 e. The van der Waals surface area contributed by atoms with Crippen LogP contribution < -0.4 is 5.32 Å². The number of likely N-dealkylation sites (N-methyl/N-ethyl adjacent to an activating group) is 1. The topological polar surface area (TPSA) is 24.5 Å². The average molecular weight is 228 g/mol.